The third-order valence-electron chi connectivity index (χ3n) is 9.27. The van der Waals surface area contributed by atoms with E-state index in [0.29, 0.717) is 22.7 Å². The number of hydrogen-bond acceptors (Lipinski definition) is 4. The summed E-state index contributed by atoms with van der Waals surface area (Å²) in [7, 11) is 1.73. The number of ether oxygens (including phenoxy) is 1. The van der Waals surface area contributed by atoms with Gasteiger partial charge in [-0.15, -0.1) is 0 Å². The zero-order chi connectivity index (χ0) is 24.0. The molecule has 1 N–H and O–H groups in total. The summed E-state index contributed by atoms with van der Waals surface area (Å²) in [6.07, 6.45) is 12.2. The lowest BCUT2D eigenvalue weighted by atomic mass is 9.49. The molecule has 2 amide bonds. The van der Waals surface area contributed by atoms with E-state index in [1.807, 2.05) is 33.7 Å². The van der Waals surface area contributed by atoms with Crippen molar-refractivity contribution < 1.29 is 14.3 Å². The van der Waals surface area contributed by atoms with E-state index in [-0.39, 0.29) is 18.2 Å². The predicted molar refractivity (Wildman–Crippen MR) is 133 cm³/mol. The number of fused-ring (bicyclic) bond motifs is 1. The summed E-state index contributed by atoms with van der Waals surface area (Å²) < 4.78 is 7.12. The summed E-state index contributed by atoms with van der Waals surface area (Å²) in [6.45, 7) is 3.10. The van der Waals surface area contributed by atoms with Gasteiger partial charge >= 0.3 is 0 Å². The summed E-state index contributed by atoms with van der Waals surface area (Å²) in [5.41, 5.74) is 2.34. The highest BCUT2D eigenvalue weighted by Crippen LogP contribution is 2.59. The maximum atomic E-state index is 13.3. The van der Waals surface area contributed by atoms with Crippen LogP contribution in [0.3, 0.4) is 0 Å². The molecule has 0 unspecified atom stereocenters. The topological polar surface area (TPSA) is 75.9 Å². The quantitative estimate of drug-likeness (QED) is 0.658. The summed E-state index contributed by atoms with van der Waals surface area (Å²) in [4.78, 5) is 32.8. The number of rotatable bonds is 7. The van der Waals surface area contributed by atoms with Crippen LogP contribution >= 0.6 is 0 Å². The van der Waals surface area contributed by atoms with E-state index in [2.05, 4.69) is 10.3 Å². The molecule has 0 aromatic carbocycles. The Hall–Kier alpha value is -2.41. The molecule has 4 aliphatic carbocycles. The number of hydrogen-bond donors (Lipinski definition) is 1. The van der Waals surface area contributed by atoms with Gasteiger partial charge in [0, 0.05) is 39.5 Å². The second-order valence-corrected chi connectivity index (χ2v) is 11.9. The molecule has 188 valence electrons. The lowest BCUT2D eigenvalue weighted by Crippen LogP contribution is -2.51. The van der Waals surface area contributed by atoms with Gasteiger partial charge in [0.1, 0.15) is 11.3 Å². The second-order valence-electron chi connectivity index (χ2n) is 11.9. The molecule has 1 saturated heterocycles. The normalized spacial score (nSPS) is 30.2. The maximum Gasteiger partial charge on any atom is 0.268 e. The zero-order valence-corrected chi connectivity index (χ0v) is 20.9. The number of nitrogens with one attached hydrogen (secondary N) is 1. The lowest BCUT2D eigenvalue weighted by molar-refractivity contribution is -0.132. The highest BCUT2D eigenvalue weighted by molar-refractivity contribution is 5.93. The van der Waals surface area contributed by atoms with Crippen LogP contribution in [0, 0.1) is 29.1 Å². The van der Waals surface area contributed by atoms with E-state index < -0.39 is 0 Å². The Labute approximate surface area is 207 Å². The van der Waals surface area contributed by atoms with Gasteiger partial charge in [-0.2, -0.15) is 0 Å². The van der Waals surface area contributed by atoms with E-state index in [1.54, 1.807) is 7.11 Å². The molecule has 2 aromatic heterocycles. The van der Waals surface area contributed by atoms with Crippen LogP contribution in [0.5, 0.6) is 0 Å². The SMILES string of the molecule is COCC1CCN(C(=O)Cc2cn3c(C(=O)NCC45CC6CC(CC(C6)C4)C5)cccc3n2)CC1. The molecular weight excluding hydrogens is 440 g/mol. The van der Waals surface area contributed by atoms with Crippen LogP contribution in [0.1, 0.15) is 67.5 Å². The summed E-state index contributed by atoms with van der Waals surface area (Å²) in [5, 5.41) is 3.29. The Morgan fingerprint density at radius 3 is 2.43 bits per heavy atom. The van der Waals surface area contributed by atoms with Gasteiger partial charge in [-0.25, -0.2) is 4.98 Å². The third-order valence-corrected chi connectivity index (χ3v) is 9.27. The average Bonchev–Trinajstić information content (AvgIpc) is 3.25. The number of carbonyl (C=O) groups is 2. The van der Waals surface area contributed by atoms with Crippen LogP contribution in [0.4, 0.5) is 0 Å². The number of methoxy groups -OCH3 is 1. The molecule has 2 aromatic rings. The molecule has 7 nitrogen and oxygen atoms in total. The first-order valence-corrected chi connectivity index (χ1v) is 13.5. The minimum absolute atomic E-state index is 0.0400. The summed E-state index contributed by atoms with van der Waals surface area (Å²) in [5.74, 6) is 3.24. The summed E-state index contributed by atoms with van der Waals surface area (Å²) >= 11 is 0. The van der Waals surface area contributed by atoms with Crippen molar-refractivity contribution in [2.75, 3.05) is 33.4 Å². The minimum atomic E-state index is -0.0400. The van der Waals surface area contributed by atoms with Gasteiger partial charge in [0.15, 0.2) is 0 Å². The summed E-state index contributed by atoms with van der Waals surface area (Å²) in [6, 6.07) is 5.64. The largest absolute Gasteiger partial charge is 0.384 e. The molecule has 7 heteroatoms. The Morgan fingerprint density at radius 2 is 1.77 bits per heavy atom. The van der Waals surface area contributed by atoms with Crippen molar-refractivity contribution in [3.8, 4) is 0 Å². The molecule has 3 heterocycles. The van der Waals surface area contributed by atoms with E-state index in [4.69, 9.17) is 4.74 Å². The van der Waals surface area contributed by atoms with Gasteiger partial charge in [0.25, 0.3) is 5.91 Å². The smallest absolute Gasteiger partial charge is 0.268 e. The molecule has 0 radical (unpaired) electrons. The van der Waals surface area contributed by atoms with Crippen LogP contribution in [0.2, 0.25) is 0 Å². The number of piperidine rings is 1. The predicted octanol–water partition coefficient (Wildman–Crippen LogP) is 3.71. The Bertz CT molecular complexity index is 1070. The van der Waals surface area contributed by atoms with Crippen molar-refractivity contribution in [1.29, 1.82) is 0 Å². The maximum absolute atomic E-state index is 13.3. The van der Waals surface area contributed by atoms with Gasteiger partial charge in [0.2, 0.25) is 5.91 Å². The number of nitrogens with zero attached hydrogens (tertiary/aromatic N) is 3. The van der Waals surface area contributed by atoms with E-state index >= 15 is 0 Å². The first-order valence-electron chi connectivity index (χ1n) is 13.5. The van der Waals surface area contributed by atoms with Crippen LogP contribution in [-0.2, 0) is 16.0 Å². The molecule has 5 fully saturated rings. The zero-order valence-electron chi connectivity index (χ0n) is 20.9. The van der Waals surface area contributed by atoms with Gasteiger partial charge in [-0.1, -0.05) is 6.07 Å². The molecule has 0 atom stereocenters. The van der Waals surface area contributed by atoms with E-state index in [1.165, 1.54) is 38.5 Å². The molecule has 4 saturated carbocycles. The number of carbonyl (C=O) groups excluding carboxylic acids is 2. The number of aromatic nitrogens is 2. The Morgan fingerprint density at radius 1 is 1.09 bits per heavy atom. The van der Waals surface area contributed by atoms with Gasteiger partial charge in [0.05, 0.1) is 12.1 Å². The molecule has 5 aliphatic rings. The number of likely N-dealkylation sites (tertiary alicyclic amines) is 1. The highest BCUT2D eigenvalue weighted by atomic mass is 16.5. The van der Waals surface area contributed by atoms with E-state index in [0.717, 1.165) is 62.5 Å². The van der Waals surface area contributed by atoms with Crippen LogP contribution in [0.15, 0.2) is 24.4 Å². The van der Waals surface area contributed by atoms with Crippen molar-refractivity contribution in [3.05, 3.63) is 35.8 Å². The van der Waals surface area contributed by atoms with Crippen molar-refractivity contribution in [2.24, 2.45) is 29.1 Å². The Kier molecular flexibility index (Phi) is 6.07. The lowest BCUT2D eigenvalue weighted by Gasteiger charge is -2.56. The fourth-order valence-corrected chi connectivity index (χ4v) is 8.05. The van der Waals surface area contributed by atoms with Crippen molar-refractivity contribution in [2.45, 2.75) is 57.8 Å². The molecule has 0 spiro atoms. The minimum Gasteiger partial charge on any atom is -0.384 e. The van der Waals surface area contributed by atoms with Gasteiger partial charge < -0.3 is 15.0 Å². The number of pyridine rings is 1. The third kappa shape index (κ3) is 4.59. The monoisotopic (exact) mass is 478 g/mol. The van der Waals surface area contributed by atoms with Gasteiger partial charge in [-0.05, 0) is 92.6 Å². The molecule has 7 rings (SSSR count). The Balaban J connectivity index is 1.11. The van der Waals surface area contributed by atoms with Crippen molar-refractivity contribution in [1.82, 2.24) is 19.6 Å². The first-order chi connectivity index (χ1) is 17.0. The van der Waals surface area contributed by atoms with Crippen LogP contribution in [-0.4, -0.2) is 59.4 Å². The highest BCUT2D eigenvalue weighted by Gasteiger charge is 2.50. The number of imidazole rings is 1. The second kappa shape index (κ2) is 9.23. The first kappa shape index (κ1) is 23.0. The fourth-order valence-electron chi connectivity index (χ4n) is 8.05. The standard InChI is InChI=1S/C28H38N4O3/c1-35-17-19-5-7-31(8-6-19)26(33)12-23-16-32-24(3-2-4-25(32)30-23)27(34)29-18-28-13-20-9-21(14-28)11-22(10-20)15-28/h2-4,16,19-22H,5-15,17-18H2,1H3,(H,29,34). The van der Waals surface area contributed by atoms with E-state index in [9.17, 15) is 9.59 Å². The fraction of sp³-hybridized carbons (Fsp3) is 0.679. The number of amides is 2. The molecule has 4 bridgehead atoms. The molecule has 1 aliphatic heterocycles. The average molecular weight is 479 g/mol. The van der Waals surface area contributed by atoms with Crippen molar-refractivity contribution >= 4 is 17.5 Å². The molecular formula is C28H38N4O3. The van der Waals surface area contributed by atoms with Gasteiger partial charge in [-0.3, -0.25) is 14.0 Å². The van der Waals surface area contributed by atoms with Crippen molar-refractivity contribution in [3.63, 3.8) is 0 Å². The van der Waals surface area contributed by atoms with Crippen LogP contribution < -0.4 is 5.32 Å². The van der Waals surface area contributed by atoms with Crippen LogP contribution in [0.25, 0.3) is 5.65 Å². The molecule has 35 heavy (non-hydrogen) atoms.